The molecule has 1 atom stereocenters. The SMILES string of the molecule is CN(Cc1ccc(Cl)cc1Cl)C(=O)C(N)c1ccccc1. The third-order valence-corrected chi connectivity index (χ3v) is 3.81. The Labute approximate surface area is 134 Å². The molecular formula is C16H16Cl2N2O. The molecule has 0 heterocycles. The van der Waals surface area contributed by atoms with E-state index in [0.29, 0.717) is 16.6 Å². The smallest absolute Gasteiger partial charge is 0.244 e. The highest BCUT2D eigenvalue weighted by Gasteiger charge is 2.20. The second-order valence-electron chi connectivity index (χ2n) is 4.82. The monoisotopic (exact) mass is 322 g/mol. The van der Waals surface area contributed by atoms with E-state index in [1.165, 1.54) is 0 Å². The molecule has 110 valence electrons. The van der Waals surface area contributed by atoms with Crippen molar-refractivity contribution >= 4 is 29.1 Å². The summed E-state index contributed by atoms with van der Waals surface area (Å²) in [5.74, 6) is -0.160. The average Bonchev–Trinajstić information content (AvgIpc) is 2.49. The Morgan fingerprint density at radius 3 is 2.48 bits per heavy atom. The number of nitrogens with zero attached hydrogens (tertiary/aromatic N) is 1. The van der Waals surface area contributed by atoms with Gasteiger partial charge in [-0.25, -0.2) is 0 Å². The molecule has 0 aromatic heterocycles. The molecule has 5 heteroatoms. The molecule has 2 aromatic carbocycles. The van der Waals surface area contributed by atoms with Crippen molar-refractivity contribution in [2.24, 2.45) is 5.73 Å². The minimum absolute atomic E-state index is 0.160. The molecular weight excluding hydrogens is 307 g/mol. The summed E-state index contributed by atoms with van der Waals surface area (Å²) < 4.78 is 0. The summed E-state index contributed by atoms with van der Waals surface area (Å²) in [6.45, 7) is 0.384. The Morgan fingerprint density at radius 1 is 1.19 bits per heavy atom. The first-order valence-corrected chi connectivity index (χ1v) is 7.24. The van der Waals surface area contributed by atoms with Crippen LogP contribution in [0.5, 0.6) is 0 Å². The van der Waals surface area contributed by atoms with E-state index in [1.54, 1.807) is 24.1 Å². The number of likely N-dealkylation sites (N-methyl/N-ethyl adjacent to an activating group) is 1. The molecule has 0 aliphatic heterocycles. The molecule has 0 fully saturated rings. The zero-order valence-corrected chi connectivity index (χ0v) is 13.1. The number of hydrogen-bond donors (Lipinski definition) is 1. The van der Waals surface area contributed by atoms with Crippen LogP contribution in [0.25, 0.3) is 0 Å². The lowest BCUT2D eigenvalue weighted by atomic mass is 10.1. The van der Waals surface area contributed by atoms with Gasteiger partial charge in [-0.1, -0.05) is 59.6 Å². The molecule has 0 saturated carbocycles. The molecule has 0 spiro atoms. The van der Waals surface area contributed by atoms with Gasteiger partial charge in [0.2, 0.25) is 5.91 Å². The predicted molar refractivity (Wildman–Crippen MR) is 86.3 cm³/mol. The fraction of sp³-hybridized carbons (Fsp3) is 0.188. The van der Waals surface area contributed by atoms with E-state index < -0.39 is 6.04 Å². The summed E-state index contributed by atoms with van der Waals surface area (Å²) in [5, 5.41) is 1.11. The highest BCUT2D eigenvalue weighted by molar-refractivity contribution is 6.35. The molecule has 0 bridgehead atoms. The van der Waals surface area contributed by atoms with Crippen LogP contribution in [0.3, 0.4) is 0 Å². The van der Waals surface area contributed by atoms with Crippen LogP contribution in [0.2, 0.25) is 10.0 Å². The predicted octanol–water partition coefficient (Wildman–Crippen LogP) is 3.65. The number of benzene rings is 2. The van der Waals surface area contributed by atoms with Crippen LogP contribution in [0.4, 0.5) is 0 Å². The summed E-state index contributed by atoms with van der Waals surface area (Å²) in [5.41, 5.74) is 7.63. The third-order valence-electron chi connectivity index (χ3n) is 3.22. The quantitative estimate of drug-likeness (QED) is 0.933. The molecule has 3 nitrogen and oxygen atoms in total. The van der Waals surface area contributed by atoms with Crippen molar-refractivity contribution in [1.29, 1.82) is 0 Å². The van der Waals surface area contributed by atoms with E-state index >= 15 is 0 Å². The molecule has 2 aromatic rings. The average molecular weight is 323 g/mol. The zero-order chi connectivity index (χ0) is 15.4. The van der Waals surface area contributed by atoms with Gasteiger partial charge in [-0.15, -0.1) is 0 Å². The van der Waals surface area contributed by atoms with Crippen LogP contribution in [0, 0.1) is 0 Å². The summed E-state index contributed by atoms with van der Waals surface area (Å²) in [7, 11) is 1.70. The maximum absolute atomic E-state index is 12.4. The summed E-state index contributed by atoms with van der Waals surface area (Å²) in [4.78, 5) is 13.9. The van der Waals surface area contributed by atoms with Gasteiger partial charge in [-0.05, 0) is 23.3 Å². The Hall–Kier alpha value is -1.55. The van der Waals surface area contributed by atoms with Gasteiger partial charge in [-0.2, -0.15) is 0 Å². The highest BCUT2D eigenvalue weighted by atomic mass is 35.5. The maximum Gasteiger partial charge on any atom is 0.244 e. The fourth-order valence-corrected chi connectivity index (χ4v) is 2.49. The molecule has 0 aliphatic carbocycles. The Balaban J connectivity index is 2.09. The van der Waals surface area contributed by atoms with Crippen LogP contribution < -0.4 is 5.73 Å². The lowest BCUT2D eigenvalue weighted by Crippen LogP contribution is -2.35. The van der Waals surface area contributed by atoms with Crippen molar-refractivity contribution in [3.63, 3.8) is 0 Å². The molecule has 0 aliphatic rings. The van der Waals surface area contributed by atoms with E-state index in [0.717, 1.165) is 11.1 Å². The van der Waals surface area contributed by atoms with Gasteiger partial charge >= 0.3 is 0 Å². The lowest BCUT2D eigenvalue weighted by Gasteiger charge is -2.22. The van der Waals surface area contributed by atoms with Gasteiger partial charge in [0.25, 0.3) is 0 Å². The van der Waals surface area contributed by atoms with Gasteiger partial charge in [0.05, 0.1) is 0 Å². The summed E-state index contributed by atoms with van der Waals surface area (Å²) in [6, 6.07) is 13.8. The Morgan fingerprint density at radius 2 is 1.86 bits per heavy atom. The molecule has 0 radical (unpaired) electrons. The molecule has 0 saturated heterocycles. The molecule has 2 rings (SSSR count). The van der Waals surface area contributed by atoms with Crippen LogP contribution in [-0.4, -0.2) is 17.9 Å². The van der Waals surface area contributed by atoms with Crippen LogP contribution in [0.1, 0.15) is 17.2 Å². The number of hydrogen-bond acceptors (Lipinski definition) is 2. The normalized spacial score (nSPS) is 12.0. The first kappa shape index (κ1) is 15.8. The van der Waals surface area contributed by atoms with E-state index in [9.17, 15) is 4.79 Å². The van der Waals surface area contributed by atoms with Crippen molar-refractivity contribution in [1.82, 2.24) is 4.90 Å². The van der Waals surface area contributed by atoms with E-state index in [4.69, 9.17) is 28.9 Å². The van der Waals surface area contributed by atoms with E-state index in [-0.39, 0.29) is 5.91 Å². The van der Waals surface area contributed by atoms with Crippen LogP contribution in [0.15, 0.2) is 48.5 Å². The first-order chi connectivity index (χ1) is 9.99. The fourth-order valence-electron chi connectivity index (χ4n) is 2.02. The number of nitrogens with two attached hydrogens (primary N) is 1. The van der Waals surface area contributed by atoms with Crippen molar-refractivity contribution in [2.75, 3.05) is 7.05 Å². The number of rotatable bonds is 4. The topological polar surface area (TPSA) is 46.3 Å². The second kappa shape index (κ2) is 6.94. The van der Waals surface area contributed by atoms with Gasteiger partial charge in [0.15, 0.2) is 0 Å². The largest absolute Gasteiger partial charge is 0.340 e. The van der Waals surface area contributed by atoms with Crippen molar-refractivity contribution in [3.05, 3.63) is 69.7 Å². The summed E-state index contributed by atoms with van der Waals surface area (Å²) in [6.07, 6.45) is 0. The van der Waals surface area contributed by atoms with Crippen molar-refractivity contribution in [3.8, 4) is 0 Å². The van der Waals surface area contributed by atoms with E-state index in [1.807, 2.05) is 36.4 Å². The van der Waals surface area contributed by atoms with Gasteiger partial charge < -0.3 is 10.6 Å². The lowest BCUT2D eigenvalue weighted by molar-refractivity contribution is -0.131. The van der Waals surface area contributed by atoms with Gasteiger partial charge in [0.1, 0.15) is 6.04 Å². The first-order valence-electron chi connectivity index (χ1n) is 6.48. The Kier molecular flexibility index (Phi) is 5.23. The van der Waals surface area contributed by atoms with Crippen molar-refractivity contribution < 1.29 is 4.79 Å². The standard InChI is InChI=1S/C16H16Cl2N2O/c1-20(10-12-7-8-13(17)9-14(12)18)16(21)15(19)11-5-3-2-4-6-11/h2-9,15H,10,19H2,1H3. The number of halogens is 2. The maximum atomic E-state index is 12.4. The van der Waals surface area contributed by atoms with Gasteiger partial charge in [-0.3, -0.25) is 4.79 Å². The highest BCUT2D eigenvalue weighted by Crippen LogP contribution is 2.23. The number of amides is 1. The zero-order valence-electron chi connectivity index (χ0n) is 11.6. The van der Waals surface area contributed by atoms with Gasteiger partial charge in [0, 0.05) is 23.6 Å². The van der Waals surface area contributed by atoms with Crippen LogP contribution in [-0.2, 0) is 11.3 Å². The molecule has 1 amide bonds. The van der Waals surface area contributed by atoms with E-state index in [2.05, 4.69) is 0 Å². The molecule has 1 unspecified atom stereocenters. The summed E-state index contributed by atoms with van der Waals surface area (Å²) >= 11 is 12.0. The van der Waals surface area contributed by atoms with Crippen molar-refractivity contribution in [2.45, 2.75) is 12.6 Å². The minimum atomic E-state index is -0.678. The minimum Gasteiger partial charge on any atom is -0.340 e. The van der Waals surface area contributed by atoms with Crippen LogP contribution >= 0.6 is 23.2 Å². The molecule has 2 N–H and O–H groups in total. The number of carbonyl (C=O) groups excluding carboxylic acids is 1. The molecule has 21 heavy (non-hydrogen) atoms. The number of carbonyl (C=O) groups is 1. The Bertz CT molecular complexity index is 631. The second-order valence-corrected chi connectivity index (χ2v) is 5.66. The third kappa shape index (κ3) is 3.97.